The number of hydrogen-bond acceptors (Lipinski definition) is 3. The molecule has 1 unspecified atom stereocenters. The van der Waals surface area contributed by atoms with Crippen LogP contribution in [0.15, 0.2) is 48.5 Å². The Hall–Kier alpha value is -1.87. The first-order chi connectivity index (χ1) is 9.67. The molecule has 2 rings (SSSR count). The Morgan fingerprint density at radius 3 is 2.05 bits per heavy atom. The molecule has 3 nitrogen and oxygen atoms in total. The SMILES string of the molecule is COc1ccc(OCC(C)Oc2ccc(Cl)cc2)cc1. The van der Waals surface area contributed by atoms with Crippen LogP contribution in [-0.4, -0.2) is 19.8 Å². The fourth-order valence-corrected chi connectivity index (χ4v) is 1.79. The number of methoxy groups -OCH3 is 1. The highest BCUT2D eigenvalue weighted by atomic mass is 35.5. The smallest absolute Gasteiger partial charge is 0.130 e. The molecule has 0 saturated heterocycles. The van der Waals surface area contributed by atoms with Crippen molar-refractivity contribution in [1.82, 2.24) is 0 Å². The Morgan fingerprint density at radius 1 is 0.900 bits per heavy atom. The van der Waals surface area contributed by atoms with E-state index >= 15 is 0 Å². The minimum atomic E-state index is -0.0572. The molecule has 0 aliphatic carbocycles. The van der Waals surface area contributed by atoms with Crippen LogP contribution in [0.2, 0.25) is 5.02 Å². The standard InChI is InChI=1S/C16H17ClO3/c1-12(20-16-5-3-13(17)4-6-16)11-19-15-9-7-14(18-2)8-10-15/h3-10,12H,11H2,1-2H3. The van der Waals surface area contributed by atoms with E-state index in [9.17, 15) is 0 Å². The molecule has 0 N–H and O–H groups in total. The van der Waals surface area contributed by atoms with Gasteiger partial charge in [-0.2, -0.15) is 0 Å². The zero-order valence-corrected chi connectivity index (χ0v) is 12.3. The molecule has 20 heavy (non-hydrogen) atoms. The van der Waals surface area contributed by atoms with Crippen molar-refractivity contribution in [2.24, 2.45) is 0 Å². The number of benzene rings is 2. The molecule has 4 heteroatoms. The van der Waals surface area contributed by atoms with Gasteiger partial charge in [0.2, 0.25) is 0 Å². The second kappa shape index (κ2) is 7.06. The van der Waals surface area contributed by atoms with Crippen molar-refractivity contribution in [2.45, 2.75) is 13.0 Å². The maximum absolute atomic E-state index is 5.82. The highest BCUT2D eigenvalue weighted by molar-refractivity contribution is 6.30. The first kappa shape index (κ1) is 14.5. The first-order valence-electron chi connectivity index (χ1n) is 6.36. The van der Waals surface area contributed by atoms with Gasteiger partial charge in [-0.1, -0.05) is 11.6 Å². The van der Waals surface area contributed by atoms with E-state index in [1.54, 1.807) is 19.2 Å². The zero-order valence-electron chi connectivity index (χ0n) is 11.5. The van der Waals surface area contributed by atoms with Gasteiger partial charge in [0.25, 0.3) is 0 Å². The molecule has 106 valence electrons. The van der Waals surface area contributed by atoms with Crippen LogP contribution in [0.1, 0.15) is 6.92 Å². The molecular weight excluding hydrogens is 276 g/mol. The second-order valence-corrected chi connectivity index (χ2v) is 4.81. The van der Waals surface area contributed by atoms with Gasteiger partial charge in [0.1, 0.15) is 30.0 Å². The Morgan fingerprint density at radius 2 is 1.45 bits per heavy atom. The molecule has 0 aliphatic heterocycles. The van der Waals surface area contributed by atoms with E-state index in [0.29, 0.717) is 11.6 Å². The van der Waals surface area contributed by atoms with Crippen molar-refractivity contribution < 1.29 is 14.2 Å². The zero-order chi connectivity index (χ0) is 14.4. The van der Waals surface area contributed by atoms with Crippen LogP contribution < -0.4 is 14.2 Å². The van der Waals surface area contributed by atoms with Crippen LogP contribution in [0.3, 0.4) is 0 Å². The summed E-state index contributed by atoms with van der Waals surface area (Å²) in [6, 6.07) is 14.7. The lowest BCUT2D eigenvalue weighted by atomic mass is 10.3. The van der Waals surface area contributed by atoms with Crippen LogP contribution in [0.25, 0.3) is 0 Å². The molecule has 0 radical (unpaired) electrons. The molecule has 0 spiro atoms. The van der Waals surface area contributed by atoms with Crippen molar-refractivity contribution >= 4 is 11.6 Å². The summed E-state index contributed by atoms with van der Waals surface area (Å²) in [4.78, 5) is 0. The van der Waals surface area contributed by atoms with Gasteiger partial charge in [-0.3, -0.25) is 0 Å². The third kappa shape index (κ3) is 4.35. The minimum absolute atomic E-state index is 0.0572. The Bertz CT molecular complexity index is 522. The molecule has 1 atom stereocenters. The van der Waals surface area contributed by atoms with Crippen LogP contribution in [0, 0.1) is 0 Å². The monoisotopic (exact) mass is 292 g/mol. The van der Waals surface area contributed by atoms with Gasteiger partial charge in [0, 0.05) is 5.02 Å². The van der Waals surface area contributed by atoms with Gasteiger partial charge < -0.3 is 14.2 Å². The predicted molar refractivity (Wildman–Crippen MR) is 80.0 cm³/mol. The summed E-state index contributed by atoms with van der Waals surface area (Å²) in [6.07, 6.45) is -0.0572. The van der Waals surface area contributed by atoms with Gasteiger partial charge in [0.05, 0.1) is 7.11 Å². The van der Waals surface area contributed by atoms with E-state index in [-0.39, 0.29) is 6.10 Å². The van der Waals surface area contributed by atoms with E-state index in [2.05, 4.69) is 0 Å². The fraction of sp³-hybridized carbons (Fsp3) is 0.250. The Balaban J connectivity index is 1.82. The summed E-state index contributed by atoms with van der Waals surface area (Å²) in [5.41, 5.74) is 0. The van der Waals surface area contributed by atoms with E-state index < -0.39 is 0 Å². The fourth-order valence-electron chi connectivity index (χ4n) is 1.67. The third-order valence-electron chi connectivity index (χ3n) is 2.70. The number of ether oxygens (including phenoxy) is 3. The first-order valence-corrected chi connectivity index (χ1v) is 6.74. The van der Waals surface area contributed by atoms with Crippen molar-refractivity contribution in [3.8, 4) is 17.2 Å². The molecule has 2 aromatic rings. The predicted octanol–water partition coefficient (Wildman–Crippen LogP) is 4.19. The molecule has 2 aromatic carbocycles. The topological polar surface area (TPSA) is 27.7 Å². The van der Waals surface area contributed by atoms with Gasteiger partial charge in [-0.25, -0.2) is 0 Å². The molecule has 0 aliphatic rings. The summed E-state index contributed by atoms with van der Waals surface area (Å²) >= 11 is 5.82. The van der Waals surface area contributed by atoms with Gasteiger partial charge in [0.15, 0.2) is 0 Å². The van der Waals surface area contributed by atoms with E-state index in [0.717, 1.165) is 17.2 Å². The lowest BCUT2D eigenvalue weighted by molar-refractivity contribution is 0.143. The maximum atomic E-state index is 5.82. The lowest BCUT2D eigenvalue weighted by Gasteiger charge is -2.15. The minimum Gasteiger partial charge on any atom is -0.497 e. The maximum Gasteiger partial charge on any atom is 0.130 e. The summed E-state index contributed by atoms with van der Waals surface area (Å²) < 4.78 is 16.5. The third-order valence-corrected chi connectivity index (χ3v) is 2.95. The van der Waals surface area contributed by atoms with Crippen LogP contribution in [0.4, 0.5) is 0 Å². The average molecular weight is 293 g/mol. The number of hydrogen-bond donors (Lipinski definition) is 0. The Kier molecular flexibility index (Phi) is 5.13. The van der Waals surface area contributed by atoms with Crippen LogP contribution in [0.5, 0.6) is 17.2 Å². The van der Waals surface area contributed by atoms with E-state index in [1.807, 2.05) is 43.3 Å². The molecule has 0 bridgehead atoms. The second-order valence-electron chi connectivity index (χ2n) is 4.37. The van der Waals surface area contributed by atoms with Gasteiger partial charge in [-0.15, -0.1) is 0 Å². The normalized spacial score (nSPS) is 11.8. The lowest BCUT2D eigenvalue weighted by Crippen LogP contribution is -2.21. The number of halogens is 1. The molecule has 0 heterocycles. The van der Waals surface area contributed by atoms with Crippen LogP contribution >= 0.6 is 11.6 Å². The van der Waals surface area contributed by atoms with E-state index in [4.69, 9.17) is 25.8 Å². The van der Waals surface area contributed by atoms with Crippen molar-refractivity contribution in [3.63, 3.8) is 0 Å². The molecule has 0 amide bonds. The van der Waals surface area contributed by atoms with Crippen molar-refractivity contribution in [3.05, 3.63) is 53.6 Å². The highest BCUT2D eigenvalue weighted by Gasteiger charge is 2.05. The molecule has 0 fully saturated rings. The number of rotatable bonds is 6. The molecular formula is C16H17ClO3. The summed E-state index contributed by atoms with van der Waals surface area (Å²) in [6.45, 7) is 2.42. The van der Waals surface area contributed by atoms with Gasteiger partial charge in [-0.05, 0) is 55.5 Å². The summed E-state index contributed by atoms with van der Waals surface area (Å²) in [5.74, 6) is 2.38. The Labute approximate surface area is 124 Å². The van der Waals surface area contributed by atoms with Crippen LogP contribution in [-0.2, 0) is 0 Å². The van der Waals surface area contributed by atoms with Gasteiger partial charge >= 0.3 is 0 Å². The van der Waals surface area contributed by atoms with Crippen molar-refractivity contribution in [1.29, 1.82) is 0 Å². The molecule has 0 aromatic heterocycles. The quantitative estimate of drug-likeness (QED) is 0.799. The average Bonchev–Trinajstić information content (AvgIpc) is 2.48. The largest absolute Gasteiger partial charge is 0.497 e. The highest BCUT2D eigenvalue weighted by Crippen LogP contribution is 2.19. The summed E-state index contributed by atoms with van der Waals surface area (Å²) in [5, 5.41) is 0.694. The van der Waals surface area contributed by atoms with Crippen molar-refractivity contribution in [2.75, 3.05) is 13.7 Å². The van der Waals surface area contributed by atoms with E-state index in [1.165, 1.54) is 0 Å². The summed E-state index contributed by atoms with van der Waals surface area (Å²) in [7, 11) is 1.64. The molecule has 0 saturated carbocycles.